The van der Waals surface area contributed by atoms with Crippen molar-refractivity contribution < 1.29 is 63.1 Å². The molecule has 82 heavy (non-hydrogen) atoms. The Bertz CT molecular complexity index is 2860. The van der Waals surface area contributed by atoms with Gasteiger partial charge in [-0.25, -0.2) is 39.1 Å². The fourth-order valence-corrected chi connectivity index (χ4v) is 18.1. The van der Waals surface area contributed by atoms with E-state index in [9.17, 15) is 0 Å². The molecule has 0 bridgehead atoms. The van der Waals surface area contributed by atoms with Crippen LogP contribution in [0.5, 0.6) is 0 Å². The van der Waals surface area contributed by atoms with E-state index in [-0.39, 0.29) is 52.6 Å². The Morgan fingerprint density at radius 3 is 0.768 bits per heavy atom. The molecule has 12 unspecified atom stereocenters. The minimum atomic E-state index is -1.36. The first-order valence-corrected chi connectivity index (χ1v) is 30.7. The quantitative estimate of drug-likeness (QED) is 0.1000. The van der Waals surface area contributed by atoms with E-state index in [0.29, 0.717) is 73.6 Å². The summed E-state index contributed by atoms with van der Waals surface area (Å²) in [6.45, 7) is 46.9. The highest BCUT2D eigenvalue weighted by Gasteiger charge is 2.86. The number of hydrogen-bond donors (Lipinski definition) is 0. The summed E-state index contributed by atoms with van der Waals surface area (Å²) in [5.74, 6) is -1.31. The molecule has 12 atom stereocenters. The predicted molar refractivity (Wildman–Crippen MR) is 310 cm³/mol. The highest BCUT2D eigenvalue weighted by atomic mass is 17.2. The van der Waals surface area contributed by atoms with E-state index in [2.05, 4.69) is 55.4 Å². The lowest BCUT2D eigenvalue weighted by Crippen LogP contribution is -2.53. The van der Waals surface area contributed by atoms with E-state index < -0.39 is 88.1 Å². The van der Waals surface area contributed by atoms with Gasteiger partial charge in [0.25, 0.3) is 0 Å². The lowest BCUT2D eigenvalue weighted by atomic mass is 9.65. The fraction of sp³-hybridized carbons (Fsp3) is 0.754. The van der Waals surface area contributed by atoms with Gasteiger partial charge >= 0.3 is 0 Å². The normalized spacial score (nSPS) is 39.4. The Morgan fingerprint density at radius 2 is 0.561 bits per heavy atom. The average molecular weight is 1140 g/mol. The van der Waals surface area contributed by atoms with Crippen LogP contribution in [0.15, 0.2) is 36.4 Å². The Kier molecular flexibility index (Phi) is 13.4. The van der Waals surface area contributed by atoms with E-state index in [1.165, 1.54) is 0 Å². The van der Waals surface area contributed by atoms with Crippen molar-refractivity contribution in [1.29, 1.82) is 0 Å². The highest BCUT2D eigenvalue weighted by molar-refractivity contribution is 6.13. The fourth-order valence-electron chi connectivity index (χ4n) is 18.1. The van der Waals surface area contributed by atoms with E-state index in [1.54, 1.807) is 0 Å². The Labute approximate surface area is 489 Å². The van der Waals surface area contributed by atoms with Gasteiger partial charge in [0.1, 0.15) is 0 Å². The third kappa shape index (κ3) is 8.20. The van der Waals surface area contributed by atoms with Crippen molar-refractivity contribution in [2.24, 2.45) is 45.3 Å². The van der Waals surface area contributed by atoms with Gasteiger partial charge in [-0.1, -0.05) is 79.7 Å². The monoisotopic (exact) mass is 1130 g/mol. The second-order valence-corrected chi connectivity index (χ2v) is 33.7. The molecule has 8 saturated carbocycles. The van der Waals surface area contributed by atoms with Gasteiger partial charge < -0.3 is 0 Å². The van der Waals surface area contributed by atoms with Crippen molar-refractivity contribution in [2.75, 3.05) is 0 Å². The SMILES string of the molecule is CC(C)(C)OOC1(C)CCC2C(C)(C)C2(c2ccc(C(=O)c3ccc(C45C(=O)C(C)(OOC(C)(C)C)CCC4C5(C)C)c(C45C(=O)C(C)(OOC(C)(C)C)CCC4C5(C)C)c3)cc2C23C(=O)C(C)(OOC(C)(C)C)CCC2C3(C)C)C1=O. The highest BCUT2D eigenvalue weighted by Crippen LogP contribution is 2.82. The first-order valence-electron chi connectivity index (χ1n) is 30.7. The molecule has 0 N–H and O–H groups in total. The lowest BCUT2D eigenvalue weighted by Gasteiger charge is -2.41. The zero-order valence-electron chi connectivity index (χ0n) is 54.2. The smallest absolute Gasteiger partial charge is 0.193 e. The molecule has 0 aliphatic heterocycles. The summed E-state index contributed by atoms with van der Waals surface area (Å²) in [5, 5.41) is 0. The molecule has 0 aromatic heterocycles. The standard InChI is InChI=1S/C69H98O13/c1-54(2,3)75-79-62(21)33-29-45-58(13,14)66(45,50(62)71)41-27-25-39(37-43(41)68-47(60(68,17)18)31-35-64(23,52(68)73)81-77-56(7,8)9)49(70)40-26-28-42(67-46(59(67,15)16)30-34-63(22,51(67)72)80-76-55(4,5)6)44(38-40)69-48(61(69,19)20)32-36-65(24,53(69)74)82-78-57(10,11)12/h25-28,37-38,45-48H,29-36H2,1-24H3. The minimum absolute atomic E-state index is 0.0910. The van der Waals surface area contributed by atoms with Crippen LogP contribution >= 0.6 is 0 Å². The second-order valence-electron chi connectivity index (χ2n) is 33.7. The molecule has 2 aromatic rings. The average Bonchev–Trinajstić information content (AvgIpc) is 1.72. The molecule has 0 saturated heterocycles. The molecule has 0 amide bonds. The van der Waals surface area contributed by atoms with E-state index in [4.69, 9.17) is 39.1 Å². The molecule has 8 aliphatic rings. The van der Waals surface area contributed by atoms with Gasteiger partial charge in [0.05, 0.1) is 44.1 Å². The lowest BCUT2D eigenvalue weighted by molar-refractivity contribution is -0.393. The maximum atomic E-state index is 16.2. The Balaban J connectivity index is 1.18. The van der Waals surface area contributed by atoms with Crippen LogP contribution < -0.4 is 0 Å². The molecular formula is C69H98O13. The number of fused-ring (bicyclic) bond motifs is 4. The van der Waals surface area contributed by atoms with Crippen molar-refractivity contribution >= 4 is 28.9 Å². The molecule has 10 rings (SSSR count). The molecule has 0 heterocycles. The summed E-state index contributed by atoms with van der Waals surface area (Å²) >= 11 is 0. The molecule has 13 heteroatoms. The molecule has 452 valence electrons. The van der Waals surface area contributed by atoms with Crippen LogP contribution in [0.1, 0.15) is 256 Å². The number of rotatable bonds is 14. The third-order valence-corrected chi connectivity index (χ3v) is 22.5. The molecule has 8 aliphatic carbocycles. The van der Waals surface area contributed by atoms with Crippen molar-refractivity contribution in [3.05, 3.63) is 69.8 Å². The summed E-state index contributed by atoms with van der Waals surface area (Å²) in [7, 11) is 0. The van der Waals surface area contributed by atoms with E-state index >= 15 is 24.0 Å². The van der Waals surface area contributed by atoms with Crippen LogP contribution in [0.2, 0.25) is 0 Å². The van der Waals surface area contributed by atoms with E-state index in [0.717, 1.165) is 11.1 Å². The summed E-state index contributed by atoms with van der Waals surface area (Å²) in [6.07, 6.45) is 4.38. The topological polar surface area (TPSA) is 159 Å². The minimum Gasteiger partial charge on any atom is -0.295 e. The van der Waals surface area contributed by atoms with Gasteiger partial charge in [0, 0.05) is 11.1 Å². The number of carbonyl (C=O) groups excluding carboxylic acids is 5. The van der Waals surface area contributed by atoms with Crippen LogP contribution in [0, 0.1) is 45.3 Å². The van der Waals surface area contributed by atoms with Crippen molar-refractivity contribution in [3.8, 4) is 0 Å². The van der Waals surface area contributed by atoms with E-state index in [1.807, 2.05) is 147 Å². The van der Waals surface area contributed by atoms with Gasteiger partial charge in [-0.2, -0.15) is 0 Å². The number of Topliss-reactive ketones (excluding diaryl/α,β-unsaturated/α-hetero) is 4. The molecule has 8 fully saturated rings. The largest absolute Gasteiger partial charge is 0.295 e. The number of ketones is 5. The molecule has 0 radical (unpaired) electrons. The van der Waals surface area contributed by atoms with Crippen molar-refractivity contribution in [3.63, 3.8) is 0 Å². The summed E-state index contributed by atoms with van der Waals surface area (Å²) in [6, 6.07) is 11.3. The maximum absolute atomic E-state index is 16.2. The van der Waals surface area contributed by atoms with Crippen molar-refractivity contribution in [1.82, 2.24) is 0 Å². The van der Waals surface area contributed by atoms with Gasteiger partial charge in [0.15, 0.2) is 51.3 Å². The van der Waals surface area contributed by atoms with Crippen LogP contribution in [-0.4, -0.2) is 73.7 Å². The predicted octanol–water partition coefficient (Wildman–Crippen LogP) is 14.0. The van der Waals surface area contributed by atoms with Crippen molar-refractivity contribution in [2.45, 2.75) is 284 Å². The van der Waals surface area contributed by atoms with Crippen LogP contribution in [0.25, 0.3) is 0 Å². The summed E-state index contributed by atoms with van der Waals surface area (Å²) in [5.41, 5.74) is -11.7. The van der Waals surface area contributed by atoms with Gasteiger partial charge in [-0.3, -0.25) is 24.0 Å². The molecule has 0 spiro atoms. The number of benzene rings is 2. The third-order valence-electron chi connectivity index (χ3n) is 22.5. The Morgan fingerprint density at radius 1 is 0.354 bits per heavy atom. The second kappa shape index (κ2) is 17.8. The van der Waals surface area contributed by atoms with Gasteiger partial charge in [-0.15, -0.1) is 0 Å². The summed E-state index contributed by atoms with van der Waals surface area (Å²) in [4.78, 5) is 129. The maximum Gasteiger partial charge on any atom is 0.193 e. The zero-order valence-corrected chi connectivity index (χ0v) is 54.2. The van der Waals surface area contributed by atoms with Crippen LogP contribution in [-0.2, 0) is 79.9 Å². The van der Waals surface area contributed by atoms with Crippen LogP contribution in [0.4, 0.5) is 0 Å². The zero-order chi connectivity index (χ0) is 61.2. The first-order chi connectivity index (χ1) is 37.1. The first kappa shape index (κ1) is 61.6. The van der Waals surface area contributed by atoms with Crippen LogP contribution in [0.3, 0.4) is 0 Å². The molecule has 13 nitrogen and oxygen atoms in total. The van der Waals surface area contributed by atoms with Gasteiger partial charge in [0.2, 0.25) is 0 Å². The number of carbonyl (C=O) groups is 5. The molecular weight excluding hydrogens is 1040 g/mol. The summed E-state index contributed by atoms with van der Waals surface area (Å²) < 4.78 is 0. The Hall–Kier alpha value is -3.53. The molecule has 2 aromatic carbocycles. The van der Waals surface area contributed by atoms with Gasteiger partial charge in [-0.05, 0) is 242 Å². The number of hydrogen-bond acceptors (Lipinski definition) is 13.